The fourth-order valence-electron chi connectivity index (χ4n) is 0.705. The van der Waals surface area contributed by atoms with Crippen molar-refractivity contribution in [2.24, 2.45) is 0 Å². The van der Waals surface area contributed by atoms with E-state index in [1.807, 2.05) is 0 Å². The van der Waals surface area contributed by atoms with Crippen molar-refractivity contribution in [2.75, 3.05) is 12.3 Å². The molecule has 0 aromatic rings. The van der Waals surface area contributed by atoms with Crippen molar-refractivity contribution < 1.29 is 18.3 Å². The molecule has 0 spiro atoms. The van der Waals surface area contributed by atoms with E-state index >= 15 is 0 Å². The van der Waals surface area contributed by atoms with Gasteiger partial charge in [-0.05, 0) is 6.42 Å². The van der Waals surface area contributed by atoms with Crippen LogP contribution in [-0.4, -0.2) is 31.8 Å². The highest BCUT2D eigenvalue weighted by Gasteiger charge is 2.08. The van der Waals surface area contributed by atoms with Gasteiger partial charge in [0.15, 0.2) is 0 Å². The van der Waals surface area contributed by atoms with E-state index in [2.05, 4.69) is 4.72 Å². The van der Waals surface area contributed by atoms with Crippen LogP contribution in [0, 0.1) is 0 Å². The molecule has 0 saturated carbocycles. The first kappa shape index (κ1) is 11.4. The number of rotatable bonds is 6. The zero-order valence-corrected chi connectivity index (χ0v) is 7.73. The lowest BCUT2D eigenvalue weighted by Crippen LogP contribution is -2.26. The van der Waals surface area contributed by atoms with Gasteiger partial charge in [-0.1, -0.05) is 6.92 Å². The first-order valence-electron chi connectivity index (χ1n) is 3.67. The van der Waals surface area contributed by atoms with Crippen molar-refractivity contribution in [1.29, 1.82) is 0 Å². The molecule has 0 amide bonds. The first-order valence-corrected chi connectivity index (χ1v) is 5.32. The number of carbonyl (C=O) groups is 1. The molecule has 0 aromatic heterocycles. The molecule has 0 aliphatic heterocycles. The summed E-state index contributed by atoms with van der Waals surface area (Å²) in [4.78, 5) is 10.0. The van der Waals surface area contributed by atoms with Gasteiger partial charge in [0.05, 0.1) is 5.75 Å². The molecule has 12 heavy (non-hydrogen) atoms. The lowest BCUT2D eigenvalue weighted by Gasteiger charge is -2.01. The van der Waals surface area contributed by atoms with Crippen LogP contribution in [0.3, 0.4) is 0 Å². The summed E-state index contributed by atoms with van der Waals surface area (Å²) in [5.74, 6) is -1.09. The first-order chi connectivity index (χ1) is 5.48. The minimum absolute atomic E-state index is 0.107. The van der Waals surface area contributed by atoms with Gasteiger partial charge in [-0.15, -0.1) is 0 Å². The van der Waals surface area contributed by atoms with Crippen LogP contribution in [0.15, 0.2) is 0 Å². The molecule has 2 N–H and O–H groups in total. The SMILES string of the molecule is CCNS(=O)(=O)CCCC(=O)O. The van der Waals surface area contributed by atoms with Crippen LogP contribution < -0.4 is 4.72 Å². The van der Waals surface area contributed by atoms with Gasteiger partial charge in [0.2, 0.25) is 10.0 Å². The van der Waals surface area contributed by atoms with E-state index in [1.54, 1.807) is 6.92 Å². The summed E-state index contributed by atoms with van der Waals surface area (Å²) in [5.41, 5.74) is 0. The van der Waals surface area contributed by atoms with Crippen LogP contribution in [0.5, 0.6) is 0 Å². The molecule has 0 aliphatic carbocycles. The summed E-state index contributed by atoms with van der Waals surface area (Å²) in [6.45, 7) is 2.02. The topological polar surface area (TPSA) is 83.5 Å². The second kappa shape index (κ2) is 5.10. The van der Waals surface area contributed by atoms with Crippen molar-refractivity contribution in [3.63, 3.8) is 0 Å². The average molecular weight is 195 g/mol. The van der Waals surface area contributed by atoms with Gasteiger partial charge < -0.3 is 5.11 Å². The highest BCUT2D eigenvalue weighted by atomic mass is 32.2. The van der Waals surface area contributed by atoms with Crippen molar-refractivity contribution in [2.45, 2.75) is 19.8 Å². The van der Waals surface area contributed by atoms with Gasteiger partial charge in [-0.25, -0.2) is 13.1 Å². The third kappa shape index (κ3) is 6.11. The second-order valence-electron chi connectivity index (χ2n) is 2.31. The molecule has 0 rings (SSSR count). The standard InChI is InChI=1S/C6H13NO4S/c1-2-7-12(10,11)5-3-4-6(8)9/h7H,2-5H2,1H3,(H,8,9). The van der Waals surface area contributed by atoms with Gasteiger partial charge >= 0.3 is 5.97 Å². The fourth-order valence-corrected chi connectivity index (χ4v) is 1.81. The molecular weight excluding hydrogens is 182 g/mol. The largest absolute Gasteiger partial charge is 0.481 e. The molecule has 0 atom stereocenters. The number of aliphatic carboxylic acids is 1. The Morgan fingerprint density at radius 3 is 2.50 bits per heavy atom. The molecule has 0 fully saturated rings. The van der Waals surface area contributed by atoms with Crippen LogP contribution in [0.25, 0.3) is 0 Å². The Balaban J connectivity index is 3.69. The third-order valence-corrected chi connectivity index (χ3v) is 2.72. The van der Waals surface area contributed by atoms with Crippen molar-refractivity contribution >= 4 is 16.0 Å². The maximum absolute atomic E-state index is 10.9. The zero-order chi connectivity index (χ0) is 9.61. The maximum atomic E-state index is 10.9. The Morgan fingerprint density at radius 1 is 1.50 bits per heavy atom. The van der Waals surface area contributed by atoms with Crippen LogP contribution in [-0.2, 0) is 14.8 Å². The Bertz CT molecular complexity index is 234. The van der Waals surface area contributed by atoms with Crippen LogP contribution in [0.2, 0.25) is 0 Å². The summed E-state index contributed by atoms with van der Waals surface area (Å²) in [6, 6.07) is 0. The highest BCUT2D eigenvalue weighted by Crippen LogP contribution is 1.93. The Morgan fingerprint density at radius 2 is 2.08 bits per heavy atom. The van der Waals surface area contributed by atoms with Gasteiger partial charge in [-0.2, -0.15) is 0 Å². The Hall–Kier alpha value is -0.620. The molecule has 0 saturated heterocycles. The van der Waals surface area contributed by atoms with Crippen molar-refractivity contribution in [3.05, 3.63) is 0 Å². The molecule has 0 aromatic carbocycles. The molecule has 0 radical (unpaired) electrons. The number of hydrogen-bond donors (Lipinski definition) is 2. The number of sulfonamides is 1. The van der Waals surface area contributed by atoms with Crippen LogP contribution in [0.4, 0.5) is 0 Å². The van der Waals surface area contributed by atoms with E-state index in [0.29, 0.717) is 6.54 Å². The normalized spacial score (nSPS) is 11.4. The predicted octanol–water partition coefficient (Wildman–Crippen LogP) is -0.210. The minimum atomic E-state index is -3.24. The van der Waals surface area contributed by atoms with Gasteiger partial charge in [0, 0.05) is 13.0 Å². The second-order valence-corrected chi connectivity index (χ2v) is 4.24. The molecule has 6 heteroatoms. The van der Waals surface area contributed by atoms with Crippen LogP contribution >= 0.6 is 0 Å². The monoisotopic (exact) mass is 195 g/mol. The summed E-state index contributed by atoms with van der Waals surface area (Å²) in [7, 11) is -3.24. The van der Waals surface area contributed by atoms with E-state index in [1.165, 1.54) is 0 Å². The van der Waals surface area contributed by atoms with Gasteiger partial charge in [0.25, 0.3) is 0 Å². The summed E-state index contributed by atoms with van der Waals surface area (Å²) in [6.07, 6.45) is 0.0509. The Labute approximate surface area is 71.8 Å². The predicted molar refractivity (Wildman–Crippen MR) is 44.3 cm³/mol. The van der Waals surface area contributed by atoms with Gasteiger partial charge in [-0.3, -0.25) is 4.79 Å². The molecule has 0 aliphatic rings. The fraction of sp³-hybridized carbons (Fsp3) is 0.833. The third-order valence-electron chi connectivity index (χ3n) is 1.17. The van der Waals surface area contributed by atoms with Crippen molar-refractivity contribution in [1.82, 2.24) is 4.72 Å². The molecular formula is C6H13NO4S. The smallest absolute Gasteiger partial charge is 0.303 e. The van der Waals surface area contributed by atoms with Gasteiger partial charge in [0.1, 0.15) is 0 Å². The zero-order valence-electron chi connectivity index (χ0n) is 6.91. The van der Waals surface area contributed by atoms with Crippen LogP contribution in [0.1, 0.15) is 19.8 Å². The molecule has 0 unspecified atom stereocenters. The molecule has 0 heterocycles. The summed E-state index contributed by atoms with van der Waals surface area (Å²) < 4.78 is 24.1. The lowest BCUT2D eigenvalue weighted by molar-refractivity contribution is -0.137. The summed E-state index contributed by atoms with van der Waals surface area (Å²) in [5, 5.41) is 8.22. The van der Waals surface area contributed by atoms with E-state index in [9.17, 15) is 13.2 Å². The molecule has 72 valence electrons. The number of carboxylic acids is 1. The van der Waals surface area contributed by atoms with E-state index in [0.717, 1.165) is 0 Å². The maximum Gasteiger partial charge on any atom is 0.303 e. The lowest BCUT2D eigenvalue weighted by atomic mass is 10.3. The number of hydrogen-bond acceptors (Lipinski definition) is 3. The van der Waals surface area contributed by atoms with Crippen molar-refractivity contribution in [3.8, 4) is 0 Å². The van der Waals surface area contributed by atoms with E-state index in [4.69, 9.17) is 5.11 Å². The quantitative estimate of drug-likeness (QED) is 0.614. The van der Waals surface area contributed by atoms with E-state index in [-0.39, 0.29) is 18.6 Å². The summed E-state index contributed by atoms with van der Waals surface area (Å²) >= 11 is 0. The molecule has 0 bridgehead atoms. The average Bonchev–Trinajstić information content (AvgIpc) is 1.85. The van der Waals surface area contributed by atoms with E-state index < -0.39 is 16.0 Å². The Kier molecular flexibility index (Phi) is 4.84. The molecule has 5 nitrogen and oxygen atoms in total. The number of nitrogens with one attached hydrogen (secondary N) is 1. The number of carboxylic acid groups (broad SMARTS) is 1. The minimum Gasteiger partial charge on any atom is -0.481 e. The highest BCUT2D eigenvalue weighted by molar-refractivity contribution is 7.89.